The molecule has 0 radical (unpaired) electrons. The maximum Gasteiger partial charge on any atom is 0.257 e. The van der Waals surface area contributed by atoms with Gasteiger partial charge in [-0.05, 0) is 24.6 Å². The maximum absolute atomic E-state index is 13.1. The summed E-state index contributed by atoms with van der Waals surface area (Å²) in [4.78, 5) is 25.8. The van der Waals surface area contributed by atoms with E-state index in [1.807, 2.05) is 54.7 Å². The first-order valence-electron chi connectivity index (χ1n) is 11.1. The summed E-state index contributed by atoms with van der Waals surface area (Å²) in [5, 5.41) is 8.62. The number of rotatable bonds is 7. The molecule has 0 saturated heterocycles. The van der Waals surface area contributed by atoms with Crippen LogP contribution in [0.25, 0.3) is 33.1 Å². The molecule has 8 nitrogen and oxygen atoms in total. The lowest BCUT2D eigenvalue weighted by atomic mass is 10.2. The fourth-order valence-electron chi connectivity index (χ4n) is 3.97. The van der Waals surface area contributed by atoms with E-state index in [1.54, 1.807) is 6.21 Å². The number of para-hydroxylation sites is 3. The minimum atomic E-state index is -0.265. The van der Waals surface area contributed by atoms with Crippen LogP contribution >= 0.6 is 0 Å². The third-order valence-electron chi connectivity index (χ3n) is 5.70. The van der Waals surface area contributed by atoms with Gasteiger partial charge < -0.3 is 16.0 Å². The average Bonchev–Trinajstić information content (AvgIpc) is 3.36. The number of benzene rings is 2. The van der Waals surface area contributed by atoms with Crippen molar-refractivity contribution >= 4 is 51.0 Å². The Kier molecular flexibility index (Phi) is 5.48. The molecule has 8 heteroatoms. The molecule has 0 spiro atoms. The van der Waals surface area contributed by atoms with Crippen LogP contribution in [0.4, 0.5) is 5.82 Å². The van der Waals surface area contributed by atoms with E-state index in [0.717, 1.165) is 35.7 Å². The van der Waals surface area contributed by atoms with Gasteiger partial charge in [0.05, 0.1) is 17.2 Å². The Morgan fingerprint density at radius 3 is 2.70 bits per heavy atom. The van der Waals surface area contributed by atoms with Crippen molar-refractivity contribution in [2.45, 2.75) is 26.2 Å². The summed E-state index contributed by atoms with van der Waals surface area (Å²) in [7, 11) is 0. The van der Waals surface area contributed by atoms with Crippen molar-refractivity contribution in [2.24, 2.45) is 5.10 Å². The van der Waals surface area contributed by atoms with Crippen molar-refractivity contribution in [1.29, 1.82) is 0 Å². The number of fused-ring (bicyclic) bond motifs is 3. The first kappa shape index (κ1) is 20.7. The molecule has 0 aliphatic carbocycles. The van der Waals surface area contributed by atoms with Gasteiger partial charge in [-0.15, -0.1) is 0 Å². The van der Waals surface area contributed by atoms with Crippen LogP contribution in [0, 0.1) is 0 Å². The number of hydrogen-bond acceptors (Lipinski definition) is 5. The van der Waals surface area contributed by atoms with Gasteiger partial charge in [-0.3, -0.25) is 4.79 Å². The molecule has 0 unspecified atom stereocenters. The van der Waals surface area contributed by atoms with E-state index in [4.69, 9.17) is 15.7 Å². The highest BCUT2D eigenvalue weighted by Gasteiger charge is 2.23. The summed E-state index contributed by atoms with van der Waals surface area (Å²) in [6.45, 7) is 2.71. The van der Waals surface area contributed by atoms with Crippen LogP contribution in [0.1, 0.15) is 42.1 Å². The first-order valence-corrected chi connectivity index (χ1v) is 11.1. The smallest absolute Gasteiger partial charge is 0.257 e. The minimum absolute atomic E-state index is 0.212. The van der Waals surface area contributed by atoms with E-state index in [9.17, 15) is 4.79 Å². The number of nitrogens with two attached hydrogens (primary N) is 1. The largest absolute Gasteiger partial charge is 0.383 e. The second kappa shape index (κ2) is 8.74. The van der Waals surface area contributed by atoms with E-state index in [2.05, 4.69) is 22.3 Å². The van der Waals surface area contributed by atoms with Gasteiger partial charge in [-0.1, -0.05) is 50.1 Å². The van der Waals surface area contributed by atoms with Crippen molar-refractivity contribution in [1.82, 2.24) is 24.9 Å². The number of nitrogen functional groups attached to an aromatic ring is 1. The molecule has 2 aromatic carbocycles. The molecule has 33 heavy (non-hydrogen) atoms. The molecule has 0 fully saturated rings. The minimum Gasteiger partial charge on any atom is -0.383 e. The van der Waals surface area contributed by atoms with Crippen LogP contribution in [-0.4, -0.2) is 38.3 Å². The van der Waals surface area contributed by atoms with Gasteiger partial charge in [0.1, 0.15) is 16.9 Å². The number of nitrogens with zero attached hydrogens (tertiary/aromatic N) is 4. The van der Waals surface area contributed by atoms with Crippen molar-refractivity contribution in [3.8, 4) is 0 Å². The monoisotopic (exact) mass is 439 g/mol. The Labute approximate surface area is 190 Å². The summed E-state index contributed by atoms with van der Waals surface area (Å²) < 4.78 is 1.50. The molecule has 0 saturated carbocycles. The molecule has 5 rings (SSSR count). The lowest BCUT2D eigenvalue weighted by Crippen LogP contribution is -2.25. The zero-order valence-electron chi connectivity index (χ0n) is 18.4. The number of amides is 1. The molecule has 1 amide bonds. The van der Waals surface area contributed by atoms with Crippen molar-refractivity contribution in [2.75, 3.05) is 12.3 Å². The number of unbranched alkanes of at least 4 members (excludes halogenated alkanes) is 2. The van der Waals surface area contributed by atoms with E-state index in [0.29, 0.717) is 34.3 Å². The predicted octanol–water partition coefficient (Wildman–Crippen LogP) is 4.45. The Hall–Kier alpha value is -4.20. The number of anilines is 1. The summed E-state index contributed by atoms with van der Waals surface area (Å²) in [6, 6.07) is 15.5. The number of aromatic nitrogens is 4. The van der Waals surface area contributed by atoms with E-state index in [-0.39, 0.29) is 11.7 Å². The quantitative estimate of drug-likeness (QED) is 0.257. The number of aromatic amines is 1. The van der Waals surface area contributed by atoms with Crippen molar-refractivity contribution in [3.05, 3.63) is 65.9 Å². The molecule has 3 heterocycles. The SMILES string of the molecule is CCCCCNC(=O)c1c(N)n(/N=C\c2c[nH]c3ccccc23)c2nc3ccccc3nc12. The van der Waals surface area contributed by atoms with Crippen molar-refractivity contribution in [3.63, 3.8) is 0 Å². The number of hydrogen-bond donors (Lipinski definition) is 3. The number of H-pyrrole nitrogens is 1. The van der Waals surface area contributed by atoms with Crippen LogP contribution in [0.2, 0.25) is 0 Å². The van der Waals surface area contributed by atoms with Crippen LogP contribution in [0.3, 0.4) is 0 Å². The molecular formula is C25H25N7O. The normalized spacial score (nSPS) is 11.8. The molecule has 166 valence electrons. The predicted molar refractivity (Wildman–Crippen MR) is 133 cm³/mol. The van der Waals surface area contributed by atoms with Gasteiger partial charge in [-0.2, -0.15) is 9.78 Å². The van der Waals surface area contributed by atoms with Gasteiger partial charge in [0.2, 0.25) is 0 Å². The highest BCUT2D eigenvalue weighted by atomic mass is 16.1. The second-order valence-electron chi connectivity index (χ2n) is 7.95. The lowest BCUT2D eigenvalue weighted by Gasteiger charge is -2.04. The molecule has 0 atom stereocenters. The van der Waals surface area contributed by atoms with Crippen LogP contribution in [-0.2, 0) is 0 Å². The summed E-state index contributed by atoms with van der Waals surface area (Å²) in [5.41, 5.74) is 11.0. The summed E-state index contributed by atoms with van der Waals surface area (Å²) in [5.74, 6) is -0.0522. The maximum atomic E-state index is 13.1. The summed E-state index contributed by atoms with van der Waals surface area (Å²) >= 11 is 0. The average molecular weight is 440 g/mol. The van der Waals surface area contributed by atoms with Crippen LogP contribution < -0.4 is 11.1 Å². The van der Waals surface area contributed by atoms with Crippen LogP contribution in [0.5, 0.6) is 0 Å². The Bertz CT molecular complexity index is 1500. The summed E-state index contributed by atoms with van der Waals surface area (Å²) in [6.07, 6.45) is 6.65. The Balaban J connectivity index is 1.62. The highest BCUT2D eigenvalue weighted by Crippen LogP contribution is 2.28. The number of nitrogens with one attached hydrogen (secondary N) is 2. The molecule has 0 bridgehead atoms. The Morgan fingerprint density at radius 1 is 1.12 bits per heavy atom. The number of carbonyl (C=O) groups is 1. The fourth-order valence-corrected chi connectivity index (χ4v) is 3.97. The van der Waals surface area contributed by atoms with Gasteiger partial charge in [-0.25, -0.2) is 9.97 Å². The van der Waals surface area contributed by atoms with Gasteiger partial charge in [0.15, 0.2) is 5.65 Å². The second-order valence-corrected chi connectivity index (χ2v) is 7.95. The van der Waals surface area contributed by atoms with Crippen molar-refractivity contribution < 1.29 is 4.79 Å². The molecular weight excluding hydrogens is 414 g/mol. The molecule has 0 aliphatic rings. The number of carbonyl (C=O) groups excluding carboxylic acids is 1. The van der Waals surface area contributed by atoms with Crippen LogP contribution in [0.15, 0.2) is 59.8 Å². The molecule has 3 aromatic heterocycles. The fraction of sp³-hybridized carbons (Fsp3) is 0.200. The van der Waals surface area contributed by atoms with E-state index in [1.165, 1.54) is 4.68 Å². The molecule has 5 aromatic rings. The third-order valence-corrected chi connectivity index (χ3v) is 5.70. The zero-order chi connectivity index (χ0) is 22.8. The van der Waals surface area contributed by atoms with Gasteiger partial charge in [0, 0.05) is 29.2 Å². The lowest BCUT2D eigenvalue weighted by molar-refractivity contribution is 0.0955. The first-order chi connectivity index (χ1) is 16.2. The zero-order valence-corrected chi connectivity index (χ0v) is 18.4. The molecule has 0 aliphatic heterocycles. The topological polar surface area (TPSA) is 114 Å². The molecule has 4 N–H and O–H groups in total. The van der Waals surface area contributed by atoms with E-state index >= 15 is 0 Å². The van der Waals surface area contributed by atoms with Gasteiger partial charge in [0.25, 0.3) is 5.91 Å². The van der Waals surface area contributed by atoms with E-state index < -0.39 is 0 Å². The van der Waals surface area contributed by atoms with Gasteiger partial charge >= 0.3 is 0 Å². The standard InChI is InChI=1S/C25H25N7O/c1-2-3-8-13-27-25(33)21-22-24(31-20-12-7-6-11-19(20)30-22)32(23(21)26)29-15-16-14-28-18-10-5-4-9-17(16)18/h4-7,9-12,14-15,28H,2-3,8,13,26H2,1H3,(H,27,33)/b29-15-. The Morgan fingerprint density at radius 2 is 1.88 bits per heavy atom. The third kappa shape index (κ3) is 3.80. The highest BCUT2D eigenvalue weighted by molar-refractivity contribution is 6.11.